The summed E-state index contributed by atoms with van der Waals surface area (Å²) in [6.45, 7) is 20.7. The zero-order valence-electron chi connectivity index (χ0n) is 18.5. The largest absolute Gasteiger partial charge is 0.640 e. The van der Waals surface area contributed by atoms with Gasteiger partial charge in [-0.1, -0.05) is 26.7 Å². The van der Waals surface area contributed by atoms with Crippen molar-refractivity contribution in [3.05, 3.63) is 0 Å². The smallest absolute Gasteiger partial charge is 0.401 e. The van der Waals surface area contributed by atoms with Crippen molar-refractivity contribution in [3.8, 4) is 0 Å². The highest BCUT2D eigenvalue weighted by atomic mass is 16.8. The normalized spacial score (nSPS) is 26.5. The molecule has 0 aromatic rings. The lowest BCUT2D eigenvalue weighted by Crippen LogP contribution is -2.54. The molecule has 150 valence electrons. The van der Waals surface area contributed by atoms with Crippen LogP contribution in [0.5, 0.6) is 0 Å². The zero-order chi connectivity index (χ0) is 20.0. The van der Waals surface area contributed by atoms with E-state index in [-0.39, 0.29) is 0 Å². The molecular weight excluding hydrogens is 330 g/mol. The third-order valence-electron chi connectivity index (χ3n) is 6.59. The van der Waals surface area contributed by atoms with Crippen molar-refractivity contribution >= 4 is 14.4 Å². The van der Waals surface area contributed by atoms with Crippen LogP contribution in [0.15, 0.2) is 0 Å². The Morgan fingerprint density at radius 3 is 1.35 bits per heavy atom. The van der Waals surface area contributed by atoms with Crippen LogP contribution in [0, 0.1) is 0 Å². The molecule has 0 N–H and O–H groups in total. The highest BCUT2D eigenvalue weighted by Gasteiger charge is 2.63. The van der Waals surface area contributed by atoms with Gasteiger partial charge in [-0.05, 0) is 68.2 Å². The standard InChI is InChI=1S/C19H38B2O5/c1-11-13-19(14-12-2,20-22-15(3,4)16(5,6)23-20)26-21-24-17(7,8)18(9,10)25-21/h11-14H2,1-10H3. The Hall–Kier alpha value is -0.0701. The Kier molecular flexibility index (Phi) is 6.04. The predicted molar refractivity (Wildman–Crippen MR) is 106 cm³/mol. The first-order valence-electron chi connectivity index (χ1n) is 10.1. The van der Waals surface area contributed by atoms with Crippen molar-refractivity contribution in [2.24, 2.45) is 0 Å². The van der Waals surface area contributed by atoms with Gasteiger partial charge in [0.1, 0.15) is 0 Å². The van der Waals surface area contributed by atoms with Gasteiger partial charge in [-0.25, -0.2) is 0 Å². The maximum atomic E-state index is 6.53. The fourth-order valence-corrected chi connectivity index (χ4v) is 3.47. The molecule has 2 aliphatic heterocycles. The van der Waals surface area contributed by atoms with E-state index in [9.17, 15) is 0 Å². The second-order valence-corrected chi connectivity index (χ2v) is 9.82. The summed E-state index contributed by atoms with van der Waals surface area (Å²) < 4.78 is 31.5. The van der Waals surface area contributed by atoms with E-state index >= 15 is 0 Å². The van der Waals surface area contributed by atoms with Gasteiger partial charge in [0.15, 0.2) is 0 Å². The topological polar surface area (TPSA) is 46.2 Å². The van der Waals surface area contributed by atoms with Gasteiger partial charge in [-0.3, -0.25) is 0 Å². The zero-order valence-corrected chi connectivity index (χ0v) is 18.5. The summed E-state index contributed by atoms with van der Waals surface area (Å²) in [5.74, 6) is 0. The van der Waals surface area contributed by atoms with E-state index in [1.54, 1.807) is 0 Å². The van der Waals surface area contributed by atoms with Crippen molar-refractivity contribution in [1.29, 1.82) is 0 Å². The van der Waals surface area contributed by atoms with Crippen LogP contribution in [-0.2, 0) is 23.3 Å². The van der Waals surface area contributed by atoms with Crippen molar-refractivity contribution in [2.45, 2.75) is 123 Å². The first kappa shape index (κ1) is 22.2. The third kappa shape index (κ3) is 3.88. The molecule has 0 atom stereocenters. The lowest BCUT2D eigenvalue weighted by molar-refractivity contribution is 0.00578. The first-order valence-corrected chi connectivity index (χ1v) is 10.1. The molecule has 26 heavy (non-hydrogen) atoms. The van der Waals surface area contributed by atoms with Crippen molar-refractivity contribution in [2.75, 3.05) is 0 Å². The van der Waals surface area contributed by atoms with Crippen LogP contribution in [0.25, 0.3) is 0 Å². The van der Waals surface area contributed by atoms with Crippen LogP contribution < -0.4 is 0 Å². The summed E-state index contributed by atoms with van der Waals surface area (Å²) in [7, 11) is -1.18. The molecule has 0 amide bonds. The molecule has 2 fully saturated rings. The second kappa shape index (κ2) is 7.07. The highest BCUT2D eigenvalue weighted by Crippen LogP contribution is 2.45. The van der Waals surface area contributed by atoms with Crippen molar-refractivity contribution in [3.63, 3.8) is 0 Å². The Labute approximate surface area is 161 Å². The van der Waals surface area contributed by atoms with Crippen LogP contribution >= 0.6 is 0 Å². The lowest BCUT2D eigenvalue weighted by atomic mass is 9.61. The van der Waals surface area contributed by atoms with E-state index in [1.165, 1.54) is 0 Å². The third-order valence-corrected chi connectivity index (χ3v) is 6.59. The highest BCUT2D eigenvalue weighted by molar-refractivity contribution is 6.51. The van der Waals surface area contributed by atoms with Crippen LogP contribution in [-0.4, -0.2) is 42.3 Å². The molecule has 2 heterocycles. The van der Waals surface area contributed by atoms with E-state index in [1.807, 2.05) is 27.7 Å². The average molecular weight is 368 g/mol. The summed E-state index contributed by atoms with van der Waals surface area (Å²) in [5, 5.41) is 0. The maximum Gasteiger partial charge on any atom is 0.640 e. The molecule has 0 spiro atoms. The molecule has 0 aromatic heterocycles. The Morgan fingerprint density at radius 1 is 0.654 bits per heavy atom. The molecule has 2 rings (SSSR count). The van der Waals surface area contributed by atoms with E-state index in [0.717, 1.165) is 25.7 Å². The SMILES string of the molecule is CCCC(CCC)(OB1OC(C)(C)C(C)(C)O1)B1OC(C)(C)C(C)(C)O1. The predicted octanol–water partition coefficient (Wildman–Crippen LogP) is 4.56. The second-order valence-electron chi connectivity index (χ2n) is 9.82. The molecule has 0 radical (unpaired) electrons. The van der Waals surface area contributed by atoms with Crippen molar-refractivity contribution in [1.82, 2.24) is 0 Å². The van der Waals surface area contributed by atoms with Gasteiger partial charge in [0, 0.05) is 0 Å². The number of rotatable bonds is 7. The fraction of sp³-hybridized carbons (Fsp3) is 1.00. The van der Waals surface area contributed by atoms with Crippen LogP contribution in [0.1, 0.15) is 94.9 Å². The molecule has 7 heteroatoms. The fourth-order valence-electron chi connectivity index (χ4n) is 3.47. The van der Waals surface area contributed by atoms with Crippen LogP contribution in [0.4, 0.5) is 0 Å². The first-order chi connectivity index (χ1) is 11.7. The van der Waals surface area contributed by atoms with Crippen LogP contribution in [0.2, 0.25) is 0 Å². The molecule has 2 saturated heterocycles. The molecule has 0 aromatic carbocycles. The quantitative estimate of drug-likeness (QED) is 0.617. The van der Waals surface area contributed by atoms with Gasteiger partial charge in [0.05, 0.1) is 27.9 Å². The average Bonchev–Trinajstić information content (AvgIpc) is 2.78. The Bertz CT molecular complexity index is 466. The number of hydrogen-bond donors (Lipinski definition) is 0. The van der Waals surface area contributed by atoms with E-state index in [0.29, 0.717) is 0 Å². The molecule has 5 nitrogen and oxygen atoms in total. The minimum atomic E-state index is -0.725. The van der Waals surface area contributed by atoms with E-state index in [2.05, 4.69) is 41.5 Å². The Balaban J connectivity index is 2.29. The minimum Gasteiger partial charge on any atom is -0.401 e. The molecule has 0 unspecified atom stereocenters. The molecule has 2 aliphatic rings. The summed E-state index contributed by atoms with van der Waals surface area (Å²) in [6.07, 6.45) is 3.57. The minimum absolute atomic E-state index is 0.399. The summed E-state index contributed by atoms with van der Waals surface area (Å²) in [5.41, 5.74) is -2.27. The molecule has 0 saturated carbocycles. The Morgan fingerprint density at radius 2 is 1.00 bits per heavy atom. The molecule has 0 aliphatic carbocycles. The summed E-state index contributed by atoms with van der Waals surface area (Å²) in [4.78, 5) is 0. The van der Waals surface area contributed by atoms with Gasteiger partial charge >= 0.3 is 14.4 Å². The summed E-state index contributed by atoms with van der Waals surface area (Å²) >= 11 is 0. The monoisotopic (exact) mass is 368 g/mol. The van der Waals surface area contributed by atoms with Gasteiger partial charge in [-0.15, -0.1) is 0 Å². The van der Waals surface area contributed by atoms with Gasteiger partial charge < -0.3 is 23.3 Å². The maximum absolute atomic E-state index is 6.53. The van der Waals surface area contributed by atoms with Crippen molar-refractivity contribution < 1.29 is 23.3 Å². The summed E-state index contributed by atoms with van der Waals surface area (Å²) in [6, 6.07) is 0. The molecule has 0 bridgehead atoms. The number of hydrogen-bond acceptors (Lipinski definition) is 5. The van der Waals surface area contributed by atoms with E-state index < -0.39 is 42.3 Å². The molecular formula is C19H38B2O5. The van der Waals surface area contributed by atoms with Gasteiger partial charge in [-0.2, -0.15) is 0 Å². The van der Waals surface area contributed by atoms with Gasteiger partial charge in [0.2, 0.25) is 0 Å². The van der Waals surface area contributed by atoms with Crippen LogP contribution in [0.3, 0.4) is 0 Å². The van der Waals surface area contributed by atoms with Gasteiger partial charge in [0.25, 0.3) is 0 Å². The lowest BCUT2D eigenvalue weighted by Gasteiger charge is -2.36. The van der Waals surface area contributed by atoms with E-state index in [4.69, 9.17) is 23.3 Å².